The summed E-state index contributed by atoms with van der Waals surface area (Å²) in [7, 11) is 0. The molecule has 2 rings (SSSR count). The Morgan fingerprint density at radius 1 is 1.22 bits per heavy atom. The highest BCUT2D eigenvalue weighted by Crippen LogP contribution is 2.24. The topological polar surface area (TPSA) is 72.1 Å². The summed E-state index contributed by atoms with van der Waals surface area (Å²) in [6, 6.07) is 6.93. The second-order valence-electron chi connectivity index (χ2n) is 3.96. The SMILES string of the molecule is CC(=O)N(c1ccnc(C)c1)c1cc(N)ccn1. The summed E-state index contributed by atoms with van der Waals surface area (Å²) < 4.78 is 0. The fourth-order valence-electron chi connectivity index (χ4n) is 1.70. The van der Waals surface area contributed by atoms with E-state index in [1.165, 1.54) is 11.8 Å². The molecule has 1 amide bonds. The molecule has 0 atom stereocenters. The largest absolute Gasteiger partial charge is 0.399 e. The first kappa shape index (κ1) is 12.0. The quantitative estimate of drug-likeness (QED) is 0.874. The van der Waals surface area contributed by atoms with Crippen molar-refractivity contribution in [1.82, 2.24) is 9.97 Å². The molecule has 2 N–H and O–H groups in total. The van der Waals surface area contributed by atoms with E-state index in [9.17, 15) is 4.79 Å². The first-order valence-corrected chi connectivity index (χ1v) is 5.53. The van der Waals surface area contributed by atoms with E-state index in [4.69, 9.17) is 5.73 Å². The first-order chi connectivity index (χ1) is 8.58. The minimum absolute atomic E-state index is 0.126. The number of carbonyl (C=O) groups is 1. The van der Waals surface area contributed by atoms with Crippen LogP contribution in [0, 0.1) is 6.92 Å². The number of hydrogen-bond acceptors (Lipinski definition) is 4. The number of carbonyl (C=O) groups excluding carboxylic acids is 1. The van der Waals surface area contributed by atoms with Crippen molar-refractivity contribution >= 4 is 23.1 Å². The van der Waals surface area contributed by atoms with Crippen LogP contribution in [0.1, 0.15) is 12.6 Å². The minimum Gasteiger partial charge on any atom is -0.399 e. The highest BCUT2D eigenvalue weighted by molar-refractivity contribution is 5.98. The molecule has 2 aromatic heterocycles. The molecule has 0 aromatic carbocycles. The normalized spacial score (nSPS) is 10.1. The highest BCUT2D eigenvalue weighted by Gasteiger charge is 2.15. The van der Waals surface area contributed by atoms with Gasteiger partial charge >= 0.3 is 0 Å². The predicted octanol–water partition coefficient (Wildman–Crippen LogP) is 2.05. The van der Waals surface area contributed by atoms with Gasteiger partial charge in [-0.3, -0.25) is 14.7 Å². The summed E-state index contributed by atoms with van der Waals surface area (Å²) in [5.41, 5.74) is 7.85. The molecule has 0 aliphatic heterocycles. The molecule has 0 bridgehead atoms. The number of anilines is 3. The molecule has 0 fully saturated rings. The second-order valence-corrected chi connectivity index (χ2v) is 3.96. The monoisotopic (exact) mass is 242 g/mol. The van der Waals surface area contributed by atoms with Crippen LogP contribution in [0.5, 0.6) is 0 Å². The van der Waals surface area contributed by atoms with Gasteiger partial charge in [-0.2, -0.15) is 0 Å². The standard InChI is InChI=1S/C13H14N4O/c1-9-7-12(4-6-15-9)17(10(2)18)13-8-11(14)3-5-16-13/h3-8H,1-2H3,(H2,14,16). The van der Waals surface area contributed by atoms with E-state index in [2.05, 4.69) is 9.97 Å². The summed E-state index contributed by atoms with van der Waals surface area (Å²) in [4.78, 5) is 21.6. The van der Waals surface area contributed by atoms with Gasteiger partial charge < -0.3 is 5.73 Å². The molecular weight excluding hydrogens is 228 g/mol. The zero-order valence-electron chi connectivity index (χ0n) is 10.3. The number of rotatable bonds is 2. The van der Waals surface area contributed by atoms with Crippen LogP contribution in [0.3, 0.4) is 0 Å². The maximum atomic E-state index is 11.8. The number of pyridine rings is 2. The van der Waals surface area contributed by atoms with Crippen molar-refractivity contribution in [3.8, 4) is 0 Å². The Bertz CT molecular complexity index is 537. The summed E-state index contributed by atoms with van der Waals surface area (Å²) in [5, 5.41) is 0. The molecule has 0 spiro atoms. The molecule has 0 aliphatic carbocycles. The number of hydrogen-bond donors (Lipinski definition) is 1. The van der Waals surface area contributed by atoms with Gasteiger partial charge in [0.2, 0.25) is 5.91 Å². The van der Waals surface area contributed by atoms with E-state index in [-0.39, 0.29) is 5.91 Å². The number of aromatic nitrogens is 2. The van der Waals surface area contributed by atoms with Crippen molar-refractivity contribution in [3.05, 3.63) is 42.4 Å². The van der Waals surface area contributed by atoms with Gasteiger partial charge in [0.1, 0.15) is 5.82 Å². The molecular formula is C13H14N4O. The number of amides is 1. The van der Waals surface area contributed by atoms with Gasteiger partial charge in [-0.25, -0.2) is 4.98 Å². The Balaban J connectivity index is 2.50. The van der Waals surface area contributed by atoms with Gasteiger partial charge in [0.05, 0.1) is 5.69 Å². The third-order valence-corrected chi connectivity index (χ3v) is 2.45. The van der Waals surface area contributed by atoms with E-state index in [0.29, 0.717) is 11.5 Å². The van der Waals surface area contributed by atoms with Gasteiger partial charge in [-0.05, 0) is 25.1 Å². The molecule has 2 heterocycles. The van der Waals surface area contributed by atoms with Crippen LogP contribution in [0.25, 0.3) is 0 Å². The van der Waals surface area contributed by atoms with Crippen molar-refractivity contribution in [2.24, 2.45) is 0 Å². The van der Waals surface area contributed by atoms with Gasteiger partial charge in [-0.1, -0.05) is 0 Å². The van der Waals surface area contributed by atoms with E-state index >= 15 is 0 Å². The number of aryl methyl sites for hydroxylation is 1. The lowest BCUT2D eigenvalue weighted by Crippen LogP contribution is -2.23. The smallest absolute Gasteiger partial charge is 0.229 e. The van der Waals surface area contributed by atoms with Crippen LogP contribution in [-0.2, 0) is 4.79 Å². The molecule has 5 heteroatoms. The molecule has 5 nitrogen and oxygen atoms in total. The Morgan fingerprint density at radius 2 is 1.94 bits per heavy atom. The Kier molecular flexibility index (Phi) is 3.23. The van der Waals surface area contributed by atoms with E-state index < -0.39 is 0 Å². The molecule has 0 saturated heterocycles. The van der Waals surface area contributed by atoms with Crippen molar-refractivity contribution in [1.29, 1.82) is 0 Å². The van der Waals surface area contributed by atoms with Crippen molar-refractivity contribution in [2.45, 2.75) is 13.8 Å². The molecule has 0 aliphatic rings. The molecule has 92 valence electrons. The molecule has 0 radical (unpaired) electrons. The summed E-state index contributed by atoms with van der Waals surface area (Å²) in [5.74, 6) is 0.381. The number of nitrogens with zero attached hydrogens (tertiary/aromatic N) is 3. The van der Waals surface area contributed by atoms with Crippen LogP contribution in [0.4, 0.5) is 17.2 Å². The average Bonchev–Trinajstić information content (AvgIpc) is 2.28. The van der Waals surface area contributed by atoms with Crippen LogP contribution in [0.15, 0.2) is 36.7 Å². The lowest BCUT2D eigenvalue weighted by molar-refractivity contribution is -0.115. The number of nitrogen functional groups attached to an aromatic ring is 1. The summed E-state index contributed by atoms with van der Waals surface area (Å²) >= 11 is 0. The maximum absolute atomic E-state index is 11.8. The number of nitrogens with two attached hydrogens (primary N) is 1. The second kappa shape index (κ2) is 4.83. The zero-order valence-corrected chi connectivity index (χ0v) is 10.3. The summed E-state index contributed by atoms with van der Waals surface area (Å²) in [6.07, 6.45) is 3.24. The fourth-order valence-corrected chi connectivity index (χ4v) is 1.70. The Hall–Kier alpha value is -2.43. The lowest BCUT2D eigenvalue weighted by Gasteiger charge is -2.20. The summed E-state index contributed by atoms with van der Waals surface area (Å²) in [6.45, 7) is 3.36. The highest BCUT2D eigenvalue weighted by atomic mass is 16.2. The zero-order chi connectivity index (χ0) is 13.1. The molecule has 0 saturated carbocycles. The molecule has 18 heavy (non-hydrogen) atoms. The average molecular weight is 242 g/mol. The Morgan fingerprint density at radius 3 is 2.56 bits per heavy atom. The van der Waals surface area contributed by atoms with Crippen LogP contribution >= 0.6 is 0 Å². The van der Waals surface area contributed by atoms with Crippen LogP contribution in [0.2, 0.25) is 0 Å². The fraction of sp³-hybridized carbons (Fsp3) is 0.154. The predicted molar refractivity (Wildman–Crippen MR) is 70.4 cm³/mol. The van der Waals surface area contributed by atoms with Gasteiger partial charge in [-0.15, -0.1) is 0 Å². The Labute approximate surface area is 105 Å². The van der Waals surface area contributed by atoms with Crippen molar-refractivity contribution in [2.75, 3.05) is 10.6 Å². The van der Waals surface area contributed by atoms with Gasteiger partial charge in [0.25, 0.3) is 0 Å². The lowest BCUT2D eigenvalue weighted by atomic mass is 10.2. The van der Waals surface area contributed by atoms with Crippen molar-refractivity contribution in [3.63, 3.8) is 0 Å². The van der Waals surface area contributed by atoms with E-state index in [1.54, 1.807) is 30.6 Å². The molecule has 2 aromatic rings. The van der Waals surface area contributed by atoms with Gasteiger partial charge in [0, 0.05) is 36.8 Å². The molecule has 0 unspecified atom stereocenters. The maximum Gasteiger partial charge on any atom is 0.229 e. The third kappa shape index (κ3) is 2.45. The van der Waals surface area contributed by atoms with E-state index in [0.717, 1.165) is 11.4 Å². The van der Waals surface area contributed by atoms with Crippen molar-refractivity contribution < 1.29 is 4.79 Å². The van der Waals surface area contributed by atoms with Crippen LogP contribution < -0.4 is 10.6 Å². The minimum atomic E-state index is -0.126. The van der Waals surface area contributed by atoms with Gasteiger partial charge in [0.15, 0.2) is 0 Å². The first-order valence-electron chi connectivity index (χ1n) is 5.53. The van der Waals surface area contributed by atoms with Crippen LogP contribution in [-0.4, -0.2) is 15.9 Å². The van der Waals surface area contributed by atoms with E-state index in [1.807, 2.05) is 13.0 Å². The third-order valence-electron chi connectivity index (χ3n) is 2.45.